The Labute approximate surface area is 99.5 Å². The fourth-order valence-electron chi connectivity index (χ4n) is 2.07. The topological polar surface area (TPSA) is 55.7 Å². The maximum atomic E-state index is 11.8. The van der Waals surface area contributed by atoms with Crippen molar-refractivity contribution < 1.29 is 13.3 Å². The summed E-state index contributed by atoms with van der Waals surface area (Å²) in [5.41, 5.74) is 2.42. The molecule has 3 rings (SSSR count). The van der Waals surface area contributed by atoms with Gasteiger partial charge in [-0.25, -0.2) is 8.42 Å². The molecule has 0 N–H and O–H groups in total. The standard InChI is InChI=1S/C12H11NO3S/c1-8-2-4-9(5-3-8)11-12-10(16-13-11)6-7-17(12,14)15/h2-7,10,12H,1H3. The molecule has 0 amide bonds. The molecule has 17 heavy (non-hydrogen) atoms. The average Bonchev–Trinajstić information content (AvgIpc) is 2.83. The lowest BCUT2D eigenvalue weighted by molar-refractivity contribution is 0.123. The van der Waals surface area contributed by atoms with Crippen molar-refractivity contribution in [2.75, 3.05) is 0 Å². The maximum Gasteiger partial charge on any atom is 0.184 e. The van der Waals surface area contributed by atoms with Gasteiger partial charge in [0.2, 0.25) is 0 Å². The molecule has 2 aliphatic rings. The molecular formula is C12H11NO3S. The van der Waals surface area contributed by atoms with Gasteiger partial charge in [-0.1, -0.05) is 35.0 Å². The number of fused-ring (bicyclic) bond motifs is 1. The SMILES string of the molecule is Cc1ccc(C2=NOC3C=CS(=O)(=O)C23)cc1. The van der Waals surface area contributed by atoms with Crippen LogP contribution in [0.25, 0.3) is 0 Å². The fourth-order valence-corrected chi connectivity index (χ4v) is 3.62. The van der Waals surface area contributed by atoms with E-state index in [1.165, 1.54) is 5.41 Å². The second kappa shape index (κ2) is 3.43. The fraction of sp³-hybridized carbons (Fsp3) is 0.250. The summed E-state index contributed by atoms with van der Waals surface area (Å²) in [5, 5.41) is 4.44. The Morgan fingerprint density at radius 1 is 1.24 bits per heavy atom. The molecule has 0 saturated carbocycles. The Bertz CT molecular complexity index is 614. The predicted octanol–water partition coefficient (Wildman–Crippen LogP) is 1.41. The largest absolute Gasteiger partial charge is 0.386 e. The minimum absolute atomic E-state index is 0.462. The van der Waals surface area contributed by atoms with Gasteiger partial charge in [0.15, 0.2) is 21.2 Å². The number of aryl methyl sites for hydroxylation is 1. The Morgan fingerprint density at radius 3 is 2.65 bits per heavy atom. The molecule has 2 unspecified atom stereocenters. The van der Waals surface area contributed by atoms with Crippen LogP contribution in [0, 0.1) is 6.92 Å². The zero-order valence-corrected chi connectivity index (χ0v) is 10.0. The Morgan fingerprint density at radius 2 is 1.94 bits per heavy atom. The minimum Gasteiger partial charge on any atom is -0.386 e. The van der Waals surface area contributed by atoms with Crippen LogP contribution in [-0.4, -0.2) is 25.5 Å². The van der Waals surface area contributed by atoms with Gasteiger partial charge in [0, 0.05) is 11.0 Å². The average molecular weight is 249 g/mol. The van der Waals surface area contributed by atoms with Crippen LogP contribution >= 0.6 is 0 Å². The summed E-state index contributed by atoms with van der Waals surface area (Å²) in [6, 6.07) is 7.60. The molecule has 0 radical (unpaired) electrons. The number of hydrogen-bond donors (Lipinski definition) is 0. The number of benzene rings is 1. The predicted molar refractivity (Wildman–Crippen MR) is 64.4 cm³/mol. The van der Waals surface area contributed by atoms with Gasteiger partial charge in [-0.2, -0.15) is 0 Å². The molecule has 0 saturated heterocycles. The summed E-state index contributed by atoms with van der Waals surface area (Å²) in [4.78, 5) is 5.13. The van der Waals surface area contributed by atoms with Gasteiger partial charge in [-0.05, 0) is 13.0 Å². The second-order valence-electron chi connectivity index (χ2n) is 4.25. The lowest BCUT2D eigenvalue weighted by Gasteiger charge is -2.09. The highest BCUT2D eigenvalue weighted by Gasteiger charge is 2.46. The number of hydrogen-bond acceptors (Lipinski definition) is 4. The van der Waals surface area contributed by atoms with E-state index in [9.17, 15) is 8.42 Å². The molecule has 2 atom stereocenters. The lowest BCUT2D eigenvalue weighted by atomic mass is 10.0. The van der Waals surface area contributed by atoms with Crippen molar-refractivity contribution in [2.24, 2.45) is 5.16 Å². The van der Waals surface area contributed by atoms with Crippen molar-refractivity contribution >= 4 is 15.5 Å². The zero-order valence-electron chi connectivity index (χ0n) is 9.20. The summed E-state index contributed by atoms with van der Waals surface area (Å²) in [7, 11) is -3.27. The summed E-state index contributed by atoms with van der Waals surface area (Å²) in [5.74, 6) is 0. The van der Waals surface area contributed by atoms with Gasteiger partial charge in [0.25, 0.3) is 0 Å². The van der Waals surface area contributed by atoms with Crippen LogP contribution < -0.4 is 0 Å². The van der Waals surface area contributed by atoms with E-state index in [-0.39, 0.29) is 0 Å². The van der Waals surface area contributed by atoms with Gasteiger partial charge in [-0.3, -0.25) is 0 Å². The normalized spacial score (nSPS) is 28.6. The van der Waals surface area contributed by atoms with Crippen LogP contribution in [0.15, 0.2) is 40.9 Å². The Balaban J connectivity index is 2.03. The molecule has 0 aliphatic carbocycles. The number of oxime groups is 1. The van der Waals surface area contributed by atoms with E-state index in [4.69, 9.17) is 4.84 Å². The Hall–Kier alpha value is -1.62. The third kappa shape index (κ3) is 1.58. The smallest absolute Gasteiger partial charge is 0.184 e. The molecule has 0 spiro atoms. The molecule has 0 fully saturated rings. The summed E-state index contributed by atoms with van der Waals surface area (Å²) < 4.78 is 23.7. The molecule has 4 nitrogen and oxygen atoms in total. The maximum absolute atomic E-state index is 11.8. The molecule has 0 bridgehead atoms. The van der Waals surface area contributed by atoms with Crippen LogP contribution in [0.4, 0.5) is 0 Å². The van der Waals surface area contributed by atoms with E-state index in [0.29, 0.717) is 5.71 Å². The van der Waals surface area contributed by atoms with Crippen molar-refractivity contribution in [3.63, 3.8) is 0 Å². The van der Waals surface area contributed by atoms with Crippen molar-refractivity contribution in [3.8, 4) is 0 Å². The van der Waals surface area contributed by atoms with Crippen molar-refractivity contribution in [1.82, 2.24) is 0 Å². The van der Waals surface area contributed by atoms with Crippen LogP contribution in [0.1, 0.15) is 11.1 Å². The van der Waals surface area contributed by atoms with Gasteiger partial charge >= 0.3 is 0 Å². The molecule has 1 aromatic carbocycles. The molecule has 5 heteroatoms. The highest BCUT2D eigenvalue weighted by molar-refractivity contribution is 7.96. The van der Waals surface area contributed by atoms with E-state index in [1.54, 1.807) is 6.08 Å². The highest BCUT2D eigenvalue weighted by Crippen LogP contribution is 2.30. The Kier molecular flexibility index (Phi) is 2.13. The third-order valence-corrected chi connectivity index (χ3v) is 4.74. The van der Waals surface area contributed by atoms with Crippen LogP contribution in [0.5, 0.6) is 0 Å². The lowest BCUT2D eigenvalue weighted by Crippen LogP contribution is -2.31. The third-order valence-electron chi connectivity index (χ3n) is 3.00. The van der Waals surface area contributed by atoms with E-state index in [2.05, 4.69) is 5.16 Å². The molecule has 0 aromatic heterocycles. The summed E-state index contributed by atoms with van der Waals surface area (Å²) >= 11 is 0. The van der Waals surface area contributed by atoms with Crippen molar-refractivity contribution in [2.45, 2.75) is 18.3 Å². The minimum atomic E-state index is -3.27. The monoisotopic (exact) mass is 249 g/mol. The molecule has 2 heterocycles. The van der Waals surface area contributed by atoms with E-state index < -0.39 is 21.2 Å². The van der Waals surface area contributed by atoms with Gasteiger partial charge in [0.1, 0.15) is 5.71 Å². The van der Waals surface area contributed by atoms with E-state index in [0.717, 1.165) is 11.1 Å². The molecular weight excluding hydrogens is 238 g/mol. The van der Waals surface area contributed by atoms with E-state index >= 15 is 0 Å². The van der Waals surface area contributed by atoms with E-state index in [1.807, 2.05) is 31.2 Å². The molecule has 88 valence electrons. The summed E-state index contributed by atoms with van der Waals surface area (Å²) in [6.07, 6.45) is 1.08. The number of rotatable bonds is 1. The molecule has 2 aliphatic heterocycles. The quantitative estimate of drug-likeness (QED) is 0.756. The van der Waals surface area contributed by atoms with Gasteiger partial charge in [-0.15, -0.1) is 0 Å². The van der Waals surface area contributed by atoms with Gasteiger partial charge in [0.05, 0.1) is 0 Å². The van der Waals surface area contributed by atoms with Crippen LogP contribution in [-0.2, 0) is 14.7 Å². The van der Waals surface area contributed by atoms with Crippen LogP contribution in [0.3, 0.4) is 0 Å². The first kappa shape index (κ1) is 10.5. The number of nitrogens with zero attached hydrogens (tertiary/aromatic N) is 1. The first-order chi connectivity index (χ1) is 8.08. The zero-order chi connectivity index (χ0) is 12.0. The summed E-state index contributed by atoms with van der Waals surface area (Å²) in [6.45, 7) is 1.98. The first-order valence-corrected chi connectivity index (χ1v) is 6.92. The van der Waals surface area contributed by atoms with Crippen molar-refractivity contribution in [1.29, 1.82) is 0 Å². The molecule has 1 aromatic rings. The first-order valence-electron chi connectivity index (χ1n) is 5.31. The van der Waals surface area contributed by atoms with Gasteiger partial charge < -0.3 is 4.84 Å². The van der Waals surface area contributed by atoms with Crippen molar-refractivity contribution in [3.05, 3.63) is 46.9 Å². The highest BCUT2D eigenvalue weighted by atomic mass is 32.2. The second-order valence-corrected chi connectivity index (χ2v) is 6.21. The number of sulfone groups is 1. The van der Waals surface area contributed by atoms with Crippen LogP contribution in [0.2, 0.25) is 0 Å².